The van der Waals surface area contributed by atoms with Crippen LogP contribution in [0.25, 0.3) is 0 Å². The third-order valence-corrected chi connectivity index (χ3v) is 5.48. The van der Waals surface area contributed by atoms with Gasteiger partial charge >= 0.3 is 0 Å². The van der Waals surface area contributed by atoms with E-state index in [9.17, 15) is 8.42 Å². The molecule has 120 valence electrons. The molecule has 3 N–H and O–H groups in total. The summed E-state index contributed by atoms with van der Waals surface area (Å²) in [5.41, 5.74) is 5.56. The van der Waals surface area contributed by atoms with Gasteiger partial charge in [-0.3, -0.25) is 0 Å². The van der Waals surface area contributed by atoms with Crippen molar-refractivity contribution < 1.29 is 13.2 Å². The zero-order valence-electron chi connectivity index (χ0n) is 12.9. The number of nitrogens with zero attached hydrogens (tertiary/aromatic N) is 1. The number of hydrogen-bond acceptors (Lipinski definition) is 4. The molecule has 0 aromatic carbocycles. The maximum atomic E-state index is 12.4. The smallest absolute Gasteiger partial charge is 0.279 e. The molecule has 0 spiro atoms. The molecule has 0 aromatic heterocycles. The Morgan fingerprint density at radius 1 is 1.40 bits per heavy atom. The summed E-state index contributed by atoms with van der Waals surface area (Å²) in [5.74, 6) is 0. The highest BCUT2D eigenvalue weighted by Gasteiger charge is 2.32. The Morgan fingerprint density at radius 3 is 2.70 bits per heavy atom. The predicted molar refractivity (Wildman–Crippen MR) is 80.6 cm³/mol. The van der Waals surface area contributed by atoms with Gasteiger partial charge in [-0.1, -0.05) is 20.3 Å². The van der Waals surface area contributed by atoms with Crippen molar-refractivity contribution in [2.75, 3.05) is 33.4 Å². The summed E-state index contributed by atoms with van der Waals surface area (Å²) in [6, 6.07) is -0.0664. The van der Waals surface area contributed by atoms with Gasteiger partial charge in [-0.15, -0.1) is 0 Å². The Bertz CT molecular complexity index is 384. The minimum atomic E-state index is -3.44. The molecule has 1 aliphatic rings. The van der Waals surface area contributed by atoms with Crippen molar-refractivity contribution in [2.24, 2.45) is 11.1 Å². The van der Waals surface area contributed by atoms with Gasteiger partial charge in [0.15, 0.2) is 0 Å². The van der Waals surface area contributed by atoms with E-state index in [0.29, 0.717) is 26.2 Å². The molecule has 0 amide bonds. The fraction of sp³-hybridized carbons (Fsp3) is 1.00. The molecule has 0 radical (unpaired) electrons. The fourth-order valence-corrected chi connectivity index (χ4v) is 4.05. The zero-order chi connectivity index (χ0) is 15.2. The van der Waals surface area contributed by atoms with E-state index in [1.54, 1.807) is 7.11 Å². The van der Waals surface area contributed by atoms with Crippen molar-refractivity contribution in [3.63, 3.8) is 0 Å². The first kappa shape index (κ1) is 17.8. The van der Waals surface area contributed by atoms with Crippen LogP contribution >= 0.6 is 0 Å². The second-order valence-electron chi connectivity index (χ2n) is 6.23. The SMILES string of the molecule is COCCC(C)(C)CNS(=O)(=O)N1CCCCC1CN. The highest BCUT2D eigenvalue weighted by molar-refractivity contribution is 7.87. The highest BCUT2D eigenvalue weighted by atomic mass is 32.2. The Labute approximate surface area is 123 Å². The van der Waals surface area contributed by atoms with Crippen LogP contribution in [0.4, 0.5) is 0 Å². The van der Waals surface area contributed by atoms with E-state index in [2.05, 4.69) is 4.72 Å². The number of nitrogens with one attached hydrogen (secondary N) is 1. The van der Waals surface area contributed by atoms with E-state index in [4.69, 9.17) is 10.5 Å². The zero-order valence-corrected chi connectivity index (χ0v) is 13.7. The van der Waals surface area contributed by atoms with Crippen LogP contribution in [0.2, 0.25) is 0 Å². The number of rotatable bonds is 8. The lowest BCUT2D eigenvalue weighted by atomic mass is 9.90. The van der Waals surface area contributed by atoms with E-state index in [1.165, 1.54) is 4.31 Å². The molecule has 0 aromatic rings. The van der Waals surface area contributed by atoms with Crippen LogP contribution in [-0.2, 0) is 14.9 Å². The van der Waals surface area contributed by atoms with E-state index >= 15 is 0 Å². The molecule has 20 heavy (non-hydrogen) atoms. The monoisotopic (exact) mass is 307 g/mol. The van der Waals surface area contributed by atoms with Gasteiger partial charge in [0, 0.05) is 39.4 Å². The third-order valence-electron chi connectivity index (χ3n) is 3.87. The van der Waals surface area contributed by atoms with Gasteiger partial charge in [-0.25, -0.2) is 4.72 Å². The molecule has 0 bridgehead atoms. The molecule has 1 aliphatic heterocycles. The second-order valence-corrected chi connectivity index (χ2v) is 7.94. The van der Waals surface area contributed by atoms with Crippen molar-refractivity contribution in [1.82, 2.24) is 9.03 Å². The molecule has 1 unspecified atom stereocenters. The lowest BCUT2D eigenvalue weighted by Crippen LogP contribution is -2.52. The van der Waals surface area contributed by atoms with Gasteiger partial charge in [0.25, 0.3) is 10.2 Å². The standard InChI is InChI=1S/C13H29N3O3S/c1-13(2,7-9-19-3)11-15-20(17,18)16-8-5-4-6-12(16)10-14/h12,15H,4-11,14H2,1-3H3. The summed E-state index contributed by atoms with van der Waals surface area (Å²) in [7, 11) is -1.79. The van der Waals surface area contributed by atoms with Crippen molar-refractivity contribution in [1.29, 1.82) is 0 Å². The Morgan fingerprint density at radius 2 is 2.10 bits per heavy atom. The average Bonchev–Trinajstić information content (AvgIpc) is 2.43. The van der Waals surface area contributed by atoms with Crippen molar-refractivity contribution >= 4 is 10.2 Å². The van der Waals surface area contributed by atoms with Gasteiger partial charge in [-0.05, 0) is 24.7 Å². The Hall–Kier alpha value is -0.210. The Kier molecular flexibility index (Phi) is 6.87. The summed E-state index contributed by atoms with van der Waals surface area (Å²) >= 11 is 0. The molecule has 6 nitrogen and oxygen atoms in total. The largest absolute Gasteiger partial charge is 0.385 e. The maximum absolute atomic E-state index is 12.4. The molecule has 1 fully saturated rings. The van der Waals surface area contributed by atoms with Crippen LogP contribution in [-0.4, -0.2) is 52.1 Å². The van der Waals surface area contributed by atoms with Crippen LogP contribution in [0.5, 0.6) is 0 Å². The van der Waals surface area contributed by atoms with Gasteiger partial charge in [0.1, 0.15) is 0 Å². The van der Waals surface area contributed by atoms with Gasteiger partial charge in [-0.2, -0.15) is 12.7 Å². The summed E-state index contributed by atoms with van der Waals surface area (Å²) < 4.78 is 34.1. The van der Waals surface area contributed by atoms with E-state index in [-0.39, 0.29) is 11.5 Å². The van der Waals surface area contributed by atoms with Crippen molar-refractivity contribution in [3.05, 3.63) is 0 Å². The Balaban J connectivity index is 2.60. The fourth-order valence-electron chi connectivity index (χ4n) is 2.36. The van der Waals surface area contributed by atoms with Gasteiger partial charge < -0.3 is 10.5 Å². The van der Waals surface area contributed by atoms with E-state index in [0.717, 1.165) is 25.7 Å². The topological polar surface area (TPSA) is 84.7 Å². The summed E-state index contributed by atoms with van der Waals surface area (Å²) in [6.45, 7) is 6.05. The molecular formula is C13H29N3O3S. The third kappa shape index (κ3) is 5.29. The molecule has 1 saturated heterocycles. The quantitative estimate of drug-likeness (QED) is 0.691. The molecule has 1 atom stereocenters. The summed E-state index contributed by atoms with van der Waals surface area (Å²) in [5, 5.41) is 0. The molecule has 0 aliphatic carbocycles. The van der Waals surface area contributed by atoms with Crippen molar-refractivity contribution in [3.8, 4) is 0 Å². The van der Waals surface area contributed by atoms with Crippen LogP contribution in [0, 0.1) is 5.41 Å². The highest BCUT2D eigenvalue weighted by Crippen LogP contribution is 2.22. The van der Waals surface area contributed by atoms with Crippen LogP contribution < -0.4 is 10.5 Å². The number of ether oxygens (including phenoxy) is 1. The normalized spacial score (nSPS) is 22.1. The van der Waals surface area contributed by atoms with Crippen LogP contribution in [0.15, 0.2) is 0 Å². The number of hydrogen-bond donors (Lipinski definition) is 2. The van der Waals surface area contributed by atoms with E-state index < -0.39 is 10.2 Å². The van der Waals surface area contributed by atoms with Crippen LogP contribution in [0.1, 0.15) is 39.5 Å². The first-order valence-electron chi connectivity index (χ1n) is 7.28. The van der Waals surface area contributed by atoms with Crippen LogP contribution in [0.3, 0.4) is 0 Å². The first-order valence-corrected chi connectivity index (χ1v) is 8.72. The van der Waals surface area contributed by atoms with E-state index in [1.807, 2.05) is 13.8 Å². The van der Waals surface area contributed by atoms with Gasteiger partial charge in [0.05, 0.1) is 0 Å². The summed E-state index contributed by atoms with van der Waals surface area (Å²) in [6.07, 6.45) is 3.62. The minimum Gasteiger partial charge on any atom is -0.385 e. The summed E-state index contributed by atoms with van der Waals surface area (Å²) in [4.78, 5) is 0. The second kappa shape index (κ2) is 7.70. The number of nitrogens with two attached hydrogens (primary N) is 1. The van der Waals surface area contributed by atoms with Crippen molar-refractivity contribution in [2.45, 2.75) is 45.6 Å². The lowest BCUT2D eigenvalue weighted by Gasteiger charge is -2.35. The number of methoxy groups -OCH3 is 1. The molecule has 1 heterocycles. The molecule has 1 rings (SSSR count). The molecule has 0 saturated carbocycles. The molecular weight excluding hydrogens is 278 g/mol. The minimum absolute atomic E-state index is 0.0664. The lowest BCUT2D eigenvalue weighted by molar-refractivity contribution is 0.153. The first-order chi connectivity index (χ1) is 9.32. The molecule has 7 heteroatoms. The number of piperidine rings is 1. The average molecular weight is 307 g/mol. The van der Waals surface area contributed by atoms with Gasteiger partial charge in [0.2, 0.25) is 0 Å². The predicted octanol–water partition coefficient (Wildman–Crippen LogP) is 0.697. The maximum Gasteiger partial charge on any atom is 0.279 e.